The fraction of sp³-hybridized carbons (Fsp3) is 0.348. The van der Waals surface area contributed by atoms with Crippen LogP contribution in [-0.4, -0.2) is 26.0 Å². The van der Waals surface area contributed by atoms with Crippen molar-refractivity contribution in [1.82, 2.24) is 0 Å². The van der Waals surface area contributed by atoms with Gasteiger partial charge < -0.3 is 19.5 Å². The van der Waals surface area contributed by atoms with Gasteiger partial charge in [0.2, 0.25) is 5.78 Å². The molecule has 2 aromatic carbocycles. The number of allylic oxidation sites excluding steroid dienone is 1. The van der Waals surface area contributed by atoms with E-state index in [4.69, 9.17) is 9.47 Å². The smallest absolute Gasteiger partial charge is 0.231 e. The third-order valence-corrected chi connectivity index (χ3v) is 5.63. The molecular weight excluding hydrogens is 354 g/mol. The SMILES string of the molecule is COc1ccc(/C=C2\Oc3c(cc(C[NH+]4CCCCC4)c([O-])c3C)C2=O)cc1. The number of rotatable bonds is 4. The number of nitrogens with one attached hydrogen (secondary N) is 1. The van der Waals surface area contributed by atoms with Gasteiger partial charge in [-0.2, -0.15) is 0 Å². The number of Topliss-reactive ketones (excluding diaryl/α,β-unsaturated/α-hetero) is 1. The molecule has 1 saturated heterocycles. The molecule has 1 fully saturated rings. The molecule has 0 unspecified atom stereocenters. The van der Waals surface area contributed by atoms with Crippen LogP contribution in [0.1, 0.15) is 46.3 Å². The van der Waals surface area contributed by atoms with Gasteiger partial charge in [0.15, 0.2) is 5.76 Å². The zero-order valence-electron chi connectivity index (χ0n) is 16.3. The van der Waals surface area contributed by atoms with Crippen LogP contribution in [0.3, 0.4) is 0 Å². The van der Waals surface area contributed by atoms with E-state index in [1.807, 2.05) is 24.3 Å². The number of hydrogen-bond acceptors (Lipinski definition) is 4. The Bertz CT molecular complexity index is 925. The van der Waals surface area contributed by atoms with Gasteiger partial charge in [0.25, 0.3) is 0 Å². The van der Waals surface area contributed by atoms with E-state index in [1.165, 1.54) is 24.2 Å². The minimum Gasteiger partial charge on any atom is -0.872 e. The lowest BCUT2D eigenvalue weighted by atomic mass is 10.00. The quantitative estimate of drug-likeness (QED) is 0.828. The molecule has 0 aromatic heterocycles. The molecule has 2 aliphatic heterocycles. The van der Waals surface area contributed by atoms with E-state index in [2.05, 4.69) is 0 Å². The summed E-state index contributed by atoms with van der Waals surface area (Å²) in [6.07, 6.45) is 5.37. The Morgan fingerprint density at radius 2 is 1.89 bits per heavy atom. The molecule has 146 valence electrons. The van der Waals surface area contributed by atoms with Crippen molar-refractivity contribution in [2.45, 2.75) is 32.7 Å². The van der Waals surface area contributed by atoms with E-state index in [-0.39, 0.29) is 17.3 Å². The highest BCUT2D eigenvalue weighted by atomic mass is 16.5. The summed E-state index contributed by atoms with van der Waals surface area (Å²) in [6, 6.07) is 9.15. The Labute approximate surface area is 165 Å². The van der Waals surface area contributed by atoms with Crippen LogP contribution in [0, 0.1) is 6.92 Å². The maximum atomic E-state index is 12.9. The van der Waals surface area contributed by atoms with E-state index < -0.39 is 0 Å². The molecule has 0 bridgehead atoms. The van der Waals surface area contributed by atoms with E-state index in [9.17, 15) is 9.90 Å². The van der Waals surface area contributed by atoms with Gasteiger partial charge in [0.05, 0.1) is 25.8 Å². The second kappa shape index (κ2) is 7.68. The van der Waals surface area contributed by atoms with Gasteiger partial charge in [-0.3, -0.25) is 4.79 Å². The van der Waals surface area contributed by atoms with Gasteiger partial charge in [-0.15, -0.1) is 0 Å². The molecule has 0 aliphatic carbocycles. The average molecular weight is 379 g/mol. The number of ether oxygens (including phenoxy) is 2. The number of fused-ring (bicyclic) bond motifs is 1. The number of ketones is 1. The lowest BCUT2D eigenvalue weighted by Gasteiger charge is -2.26. The van der Waals surface area contributed by atoms with Gasteiger partial charge in [-0.25, -0.2) is 0 Å². The fourth-order valence-electron chi connectivity index (χ4n) is 4.02. The Balaban J connectivity index is 1.62. The number of benzene rings is 2. The second-order valence-corrected chi connectivity index (χ2v) is 7.57. The minimum atomic E-state index is -0.163. The zero-order chi connectivity index (χ0) is 19.7. The number of carbonyl (C=O) groups is 1. The van der Waals surface area contributed by atoms with Crippen LogP contribution in [0.15, 0.2) is 36.1 Å². The van der Waals surface area contributed by atoms with Crippen molar-refractivity contribution in [2.24, 2.45) is 0 Å². The van der Waals surface area contributed by atoms with Gasteiger partial charge in [0, 0.05) is 0 Å². The number of carbonyl (C=O) groups excluding carboxylic acids is 1. The van der Waals surface area contributed by atoms with Crippen molar-refractivity contribution in [3.63, 3.8) is 0 Å². The van der Waals surface area contributed by atoms with Crippen LogP contribution in [0.4, 0.5) is 0 Å². The molecule has 5 nitrogen and oxygen atoms in total. The van der Waals surface area contributed by atoms with E-state index in [0.717, 1.165) is 30.0 Å². The highest BCUT2D eigenvalue weighted by Gasteiger charge is 2.30. The largest absolute Gasteiger partial charge is 0.872 e. The Hall–Kier alpha value is -2.79. The summed E-state index contributed by atoms with van der Waals surface area (Å²) in [7, 11) is 1.61. The monoisotopic (exact) mass is 379 g/mol. The first-order chi connectivity index (χ1) is 13.6. The molecule has 4 rings (SSSR count). The number of hydrogen-bond donors (Lipinski definition) is 1. The number of quaternary nitrogens is 1. The Kier molecular flexibility index (Phi) is 5.09. The molecule has 5 heteroatoms. The standard InChI is InChI=1S/C23H25NO4/c1-15-21(25)17(14-24-10-4-3-5-11-24)13-19-22(26)20(28-23(15)19)12-16-6-8-18(27-2)9-7-16/h6-9,12-13,25H,3-5,10-11,14H2,1-2H3/b20-12-. The lowest BCUT2D eigenvalue weighted by molar-refractivity contribution is -0.918. The average Bonchev–Trinajstić information content (AvgIpc) is 3.03. The van der Waals surface area contributed by atoms with Crippen molar-refractivity contribution >= 4 is 11.9 Å². The van der Waals surface area contributed by atoms with E-state index in [1.54, 1.807) is 26.2 Å². The summed E-state index contributed by atoms with van der Waals surface area (Å²) in [6.45, 7) is 4.60. The normalized spacial score (nSPS) is 18.2. The molecule has 2 aromatic rings. The van der Waals surface area contributed by atoms with Crippen molar-refractivity contribution in [3.8, 4) is 17.2 Å². The van der Waals surface area contributed by atoms with Crippen LogP contribution in [0.5, 0.6) is 17.2 Å². The minimum absolute atomic E-state index is 0.00433. The van der Waals surface area contributed by atoms with Gasteiger partial charge >= 0.3 is 0 Å². The highest BCUT2D eigenvalue weighted by Crippen LogP contribution is 2.40. The molecule has 28 heavy (non-hydrogen) atoms. The number of methoxy groups -OCH3 is 1. The Morgan fingerprint density at radius 1 is 1.18 bits per heavy atom. The molecule has 0 saturated carbocycles. The Morgan fingerprint density at radius 3 is 2.57 bits per heavy atom. The van der Waals surface area contributed by atoms with Crippen LogP contribution in [-0.2, 0) is 6.54 Å². The van der Waals surface area contributed by atoms with Crippen molar-refractivity contribution < 1.29 is 24.3 Å². The fourth-order valence-corrected chi connectivity index (χ4v) is 4.02. The van der Waals surface area contributed by atoms with Crippen molar-refractivity contribution in [3.05, 3.63) is 58.3 Å². The van der Waals surface area contributed by atoms with Gasteiger partial charge in [-0.1, -0.05) is 17.9 Å². The maximum Gasteiger partial charge on any atom is 0.231 e. The topological polar surface area (TPSA) is 63.0 Å². The molecule has 0 amide bonds. The van der Waals surface area contributed by atoms with Crippen LogP contribution >= 0.6 is 0 Å². The zero-order valence-corrected chi connectivity index (χ0v) is 16.3. The third-order valence-electron chi connectivity index (χ3n) is 5.63. The third kappa shape index (κ3) is 3.50. The summed E-state index contributed by atoms with van der Waals surface area (Å²) in [4.78, 5) is 14.3. The molecular formula is C23H25NO4. The molecule has 1 N–H and O–H groups in total. The van der Waals surface area contributed by atoms with Crippen LogP contribution in [0.2, 0.25) is 0 Å². The van der Waals surface area contributed by atoms with E-state index >= 15 is 0 Å². The number of likely N-dealkylation sites (tertiary alicyclic amines) is 1. The molecule has 0 spiro atoms. The first kappa shape index (κ1) is 18.6. The predicted octanol–water partition coefficient (Wildman–Crippen LogP) is 2.26. The number of piperidine rings is 1. The second-order valence-electron chi connectivity index (χ2n) is 7.57. The van der Waals surface area contributed by atoms with Crippen molar-refractivity contribution in [2.75, 3.05) is 20.2 Å². The highest BCUT2D eigenvalue weighted by molar-refractivity contribution is 6.15. The van der Waals surface area contributed by atoms with Crippen LogP contribution in [0.25, 0.3) is 6.08 Å². The predicted molar refractivity (Wildman–Crippen MR) is 105 cm³/mol. The molecule has 0 atom stereocenters. The molecule has 2 heterocycles. The van der Waals surface area contributed by atoms with E-state index in [0.29, 0.717) is 23.4 Å². The lowest BCUT2D eigenvalue weighted by Crippen LogP contribution is -3.11. The van der Waals surface area contributed by atoms with Crippen molar-refractivity contribution in [1.29, 1.82) is 0 Å². The summed E-state index contributed by atoms with van der Waals surface area (Å²) in [5.41, 5.74) is 2.59. The summed E-state index contributed by atoms with van der Waals surface area (Å²) in [5.74, 6) is 1.25. The maximum absolute atomic E-state index is 12.9. The summed E-state index contributed by atoms with van der Waals surface area (Å²) in [5, 5.41) is 12.8. The molecule has 2 aliphatic rings. The van der Waals surface area contributed by atoms with Gasteiger partial charge in [0.1, 0.15) is 18.0 Å². The summed E-state index contributed by atoms with van der Waals surface area (Å²) >= 11 is 0. The first-order valence-corrected chi connectivity index (χ1v) is 9.82. The first-order valence-electron chi connectivity index (χ1n) is 9.82. The molecule has 0 radical (unpaired) electrons. The van der Waals surface area contributed by atoms with Crippen LogP contribution < -0.4 is 19.5 Å². The summed E-state index contributed by atoms with van der Waals surface area (Å²) < 4.78 is 11.0. The van der Waals surface area contributed by atoms with Gasteiger partial charge in [-0.05, 0) is 67.2 Å².